The molecule has 4 aromatic rings. The molecule has 0 N–H and O–H groups in total. The molecule has 0 amide bonds. The van der Waals surface area contributed by atoms with Crippen LogP contribution in [-0.2, 0) is 6.61 Å². The summed E-state index contributed by atoms with van der Waals surface area (Å²) in [6.07, 6.45) is 1.73. The average molecular weight is 478 g/mol. The predicted molar refractivity (Wildman–Crippen MR) is 134 cm³/mol. The van der Waals surface area contributed by atoms with Gasteiger partial charge in [-0.1, -0.05) is 53.5 Å². The molecule has 0 spiro atoms. The molecule has 0 atom stereocenters. The van der Waals surface area contributed by atoms with E-state index < -0.39 is 0 Å². The van der Waals surface area contributed by atoms with E-state index in [2.05, 4.69) is 4.99 Å². The largest absolute Gasteiger partial charge is 0.493 e. The molecule has 0 radical (unpaired) electrons. The lowest BCUT2D eigenvalue weighted by Gasteiger charge is -2.13. The molecular weight excluding hydrogens is 457 g/mol. The first-order valence-corrected chi connectivity index (χ1v) is 11.0. The van der Waals surface area contributed by atoms with Crippen molar-refractivity contribution >= 4 is 35.1 Å². The zero-order valence-corrected chi connectivity index (χ0v) is 19.4. The van der Waals surface area contributed by atoms with Crippen LogP contribution in [0.3, 0.4) is 0 Å². The Morgan fingerprint density at radius 2 is 1.52 bits per heavy atom. The third-order valence-corrected chi connectivity index (χ3v) is 5.26. The fourth-order valence-corrected chi connectivity index (χ4v) is 3.46. The van der Waals surface area contributed by atoms with Crippen molar-refractivity contribution in [2.24, 2.45) is 4.99 Å². The molecule has 0 heterocycles. The minimum atomic E-state index is 0.345. The molecule has 0 aliphatic heterocycles. The van der Waals surface area contributed by atoms with Crippen LogP contribution in [0.15, 0.2) is 96.0 Å². The highest BCUT2D eigenvalue weighted by atomic mass is 35.5. The third-order valence-electron chi connectivity index (χ3n) is 4.73. The fraction of sp³-hybridized carbons (Fsp3) is 0.0741. The topological polar surface area (TPSA) is 40.0 Å². The SMILES string of the molecule is COc1cc(C=Nc2ccc(Oc3ccccc3)cc2)cc(Cl)c1OCc1ccc(Cl)cc1. The van der Waals surface area contributed by atoms with Gasteiger partial charge < -0.3 is 14.2 Å². The molecule has 0 aliphatic rings. The number of para-hydroxylation sites is 1. The van der Waals surface area contributed by atoms with Crippen LogP contribution < -0.4 is 14.2 Å². The summed E-state index contributed by atoms with van der Waals surface area (Å²) in [5.74, 6) is 2.54. The Kier molecular flexibility index (Phi) is 7.51. The molecular formula is C27H21Cl2NO3. The summed E-state index contributed by atoms with van der Waals surface area (Å²) >= 11 is 12.4. The van der Waals surface area contributed by atoms with Gasteiger partial charge in [-0.05, 0) is 71.8 Å². The van der Waals surface area contributed by atoms with E-state index in [-0.39, 0.29) is 0 Å². The number of hydrogen-bond acceptors (Lipinski definition) is 4. The van der Waals surface area contributed by atoms with Crippen molar-refractivity contribution in [2.75, 3.05) is 7.11 Å². The Bertz CT molecular complexity index is 1220. The second-order valence-electron chi connectivity index (χ2n) is 7.12. The summed E-state index contributed by atoms with van der Waals surface area (Å²) in [7, 11) is 1.58. The molecule has 4 rings (SSSR count). The third kappa shape index (κ3) is 6.28. The van der Waals surface area contributed by atoms with Crippen LogP contribution in [0, 0.1) is 0 Å². The van der Waals surface area contributed by atoms with Gasteiger partial charge in [0.2, 0.25) is 0 Å². The number of ether oxygens (including phenoxy) is 3. The van der Waals surface area contributed by atoms with Crippen molar-refractivity contribution in [3.8, 4) is 23.0 Å². The first-order valence-electron chi connectivity index (χ1n) is 10.2. The number of methoxy groups -OCH3 is 1. The highest BCUT2D eigenvalue weighted by molar-refractivity contribution is 6.32. The minimum absolute atomic E-state index is 0.345. The molecule has 33 heavy (non-hydrogen) atoms. The van der Waals surface area contributed by atoms with Gasteiger partial charge in [0.25, 0.3) is 0 Å². The smallest absolute Gasteiger partial charge is 0.180 e. The van der Waals surface area contributed by atoms with E-state index in [9.17, 15) is 0 Å². The molecule has 6 heteroatoms. The van der Waals surface area contributed by atoms with Crippen molar-refractivity contribution in [1.29, 1.82) is 0 Å². The summed E-state index contributed by atoms with van der Waals surface area (Å²) in [5.41, 5.74) is 2.55. The van der Waals surface area contributed by atoms with Crippen LogP contribution in [0.5, 0.6) is 23.0 Å². The monoisotopic (exact) mass is 477 g/mol. The van der Waals surface area contributed by atoms with E-state index in [1.807, 2.05) is 84.9 Å². The van der Waals surface area contributed by atoms with Crippen molar-refractivity contribution < 1.29 is 14.2 Å². The van der Waals surface area contributed by atoms with Gasteiger partial charge in [0.05, 0.1) is 17.8 Å². The number of rotatable bonds is 8. The van der Waals surface area contributed by atoms with Gasteiger partial charge in [0.15, 0.2) is 11.5 Å². The molecule has 0 saturated carbocycles. The molecule has 0 aromatic heterocycles. The van der Waals surface area contributed by atoms with Crippen molar-refractivity contribution in [1.82, 2.24) is 0 Å². The van der Waals surface area contributed by atoms with Crippen molar-refractivity contribution in [2.45, 2.75) is 6.61 Å². The molecule has 0 saturated heterocycles. The second-order valence-corrected chi connectivity index (χ2v) is 7.96. The minimum Gasteiger partial charge on any atom is -0.493 e. The number of hydrogen-bond donors (Lipinski definition) is 0. The van der Waals surface area contributed by atoms with E-state index in [0.717, 1.165) is 28.3 Å². The quantitative estimate of drug-likeness (QED) is 0.240. The normalized spacial score (nSPS) is 10.9. The Hall–Kier alpha value is -3.47. The highest BCUT2D eigenvalue weighted by Crippen LogP contribution is 2.37. The fourth-order valence-electron chi connectivity index (χ4n) is 3.06. The van der Waals surface area contributed by atoms with Gasteiger partial charge in [-0.15, -0.1) is 0 Å². The molecule has 0 fully saturated rings. The summed E-state index contributed by atoms with van der Waals surface area (Å²) in [5, 5.41) is 1.12. The Morgan fingerprint density at radius 1 is 0.818 bits per heavy atom. The van der Waals surface area contributed by atoms with Crippen LogP contribution in [0.1, 0.15) is 11.1 Å². The van der Waals surface area contributed by atoms with Gasteiger partial charge in [0, 0.05) is 11.2 Å². The first-order chi connectivity index (χ1) is 16.1. The molecule has 0 unspecified atom stereocenters. The van der Waals surface area contributed by atoms with Crippen molar-refractivity contribution in [3.05, 3.63) is 112 Å². The van der Waals surface area contributed by atoms with E-state index in [1.165, 1.54) is 0 Å². The highest BCUT2D eigenvalue weighted by Gasteiger charge is 2.12. The first kappa shape index (κ1) is 22.7. The van der Waals surface area contributed by atoms with E-state index in [4.69, 9.17) is 37.4 Å². The Morgan fingerprint density at radius 3 is 2.21 bits per heavy atom. The summed E-state index contributed by atoms with van der Waals surface area (Å²) < 4.78 is 17.2. The number of aliphatic imine (C=N–C) groups is 1. The zero-order valence-electron chi connectivity index (χ0n) is 17.9. The van der Waals surface area contributed by atoms with E-state index in [0.29, 0.717) is 28.2 Å². The number of nitrogens with zero attached hydrogens (tertiary/aromatic N) is 1. The maximum absolute atomic E-state index is 6.48. The van der Waals surface area contributed by atoms with Gasteiger partial charge >= 0.3 is 0 Å². The standard InChI is InChI=1S/C27H21Cl2NO3/c1-31-26-16-20(15-25(29)27(26)32-18-19-7-9-21(28)10-8-19)17-30-22-11-13-24(14-12-22)33-23-5-3-2-4-6-23/h2-17H,18H2,1H3. The summed E-state index contributed by atoms with van der Waals surface area (Å²) in [6, 6.07) is 28.2. The second kappa shape index (κ2) is 10.9. The molecule has 0 bridgehead atoms. The van der Waals surface area contributed by atoms with Gasteiger partial charge in [-0.3, -0.25) is 4.99 Å². The van der Waals surface area contributed by atoms with Crippen LogP contribution in [0.2, 0.25) is 10.0 Å². The maximum atomic E-state index is 6.48. The molecule has 166 valence electrons. The average Bonchev–Trinajstić information content (AvgIpc) is 2.84. The van der Waals surface area contributed by atoms with Crippen LogP contribution in [0.4, 0.5) is 5.69 Å². The van der Waals surface area contributed by atoms with Gasteiger partial charge in [0.1, 0.15) is 18.1 Å². The lowest BCUT2D eigenvalue weighted by Crippen LogP contribution is -1.99. The van der Waals surface area contributed by atoms with Crippen molar-refractivity contribution in [3.63, 3.8) is 0 Å². The molecule has 4 aromatic carbocycles. The Balaban J connectivity index is 1.44. The van der Waals surface area contributed by atoms with Crippen LogP contribution >= 0.6 is 23.2 Å². The van der Waals surface area contributed by atoms with Gasteiger partial charge in [-0.25, -0.2) is 0 Å². The maximum Gasteiger partial charge on any atom is 0.180 e. The predicted octanol–water partition coefficient (Wildman–Crippen LogP) is 8.12. The van der Waals surface area contributed by atoms with Gasteiger partial charge in [-0.2, -0.15) is 0 Å². The number of halogens is 2. The summed E-state index contributed by atoms with van der Waals surface area (Å²) in [6.45, 7) is 0.345. The number of benzene rings is 4. The lowest BCUT2D eigenvalue weighted by molar-refractivity contribution is 0.284. The van der Waals surface area contributed by atoms with Crippen LogP contribution in [-0.4, -0.2) is 13.3 Å². The molecule has 4 nitrogen and oxygen atoms in total. The summed E-state index contributed by atoms with van der Waals surface area (Å²) in [4.78, 5) is 4.52. The van der Waals surface area contributed by atoms with E-state index in [1.54, 1.807) is 19.4 Å². The van der Waals surface area contributed by atoms with E-state index >= 15 is 0 Å². The lowest BCUT2D eigenvalue weighted by atomic mass is 10.2. The Labute approximate surface area is 203 Å². The zero-order chi connectivity index (χ0) is 23.0. The van der Waals surface area contributed by atoms with Crippen LogP contribution in [0.25, 0.3) is 0 Å². The molecule has 0 aliphatic carbocycles.